The van der Waals surface area contributed by atoms with Gasteiger partial charge in [0.2, 0.25) is 0 Å². The highest BCUT2D eigenvalue weighted by Gasteiger charge is 2.23. The molecule has 4 rings (SSSR count). The molecule has 3 aromatic rings. The van der Waals surface area contributed by atoms with Crippen LogP contribution in [-0.4, -0.2) is 19.5 Å². The fourth-order valence-electron chi connectivity index (χ4n) is 3.38. The topological polar surface area (TPSA) is 54.3 Å². The summed E-state index contributed by atoms with van der Waals surface area (Å²) < 4.78 is 19.3. The van der Waals surface area contributed by atoms with Crippen molar-refractivity contribution in [3.8, 4) is 11.3 Å². The van der Waals surface area contributed by atoms with Crippen molar-refractivity contribution in [2.45, 2.75) is 19.3 Å². The van der Waals surface area contributed by atoms with Crippen molar-refractivity contribution in [2.75, 3.05) is 18.9 Å². The molecule has 0 saturated carbocycles. The van der Waals surface area contributed by atoms with Crippen molar-refractivity contribution in [1.29, 1.82) is 0 Å². The summed E-state index contributed by atoms with van der Waals surface area (Å²) in [4.78, 5) is 12.5. The number of rotatable bonds is 2. The van der Waals surface area contributed by atoms with Crippen LogP contribution in [0.25, 0.3) is 22.3 Å². The fraction of sp³-hybridized carbons (Fsp3) is 0.250. The summed E-state index contributed by atoms with van der Waals surface area (Å²) in [7, 11) is 1.60. The number of amides is 1. The van der Waals surface area contributed by atoms with Gasteiger partial charge in [-0.15, -0.1) is 0 Å². The average molecular weight is 338 g/mol. The van der Waals surface area contributed by atoms with Crippen LogP contribution >= 0.6 is 0 Å². The fourth-order valence-corrected chi connectivity index (χ4v) is 3.38. The molecule has 128 valence electrons. The predicted molar refractivity (Wildman–Crippen MR) is 96.4 cm³/mol. The summed E-state index contributed by atoms with van der Waals surface area (Å²) in [6, 6.07) is 10.0. The third kappa shape index (κ3) is 2.76. The number of hydrogen-bond acceptors (Lipinski definition) is 3. The standard InChI is InChI=1S/C20H19FN2O2/c1-22-20(24)18-15-10-13-4-2-3-9-23-16(13)11-17(15)25-19(18)12-5-7-14(21)8-6-12/h5-8,10-11,23H,2-4,9H2,1H3,(H,22,24). The first-order valence-corrected chi connectivity index (χ1v) is 8.48. The van der Waals surface area contributed by atoms with Crippen molar-refractivity contribution in [2.24, 2.45) is 0 Å². The van der Waals surface area contributed by atoms with E-state index < -0.39 is 0 Å². The molecule has 2 N–H and O–H groups in total. The van der Waals surface area contributed by atoms with Gasteiger partial charge in [-0.2, -0.15) is 0 Å². The first kappa shape index (κ1) is 15.7. The largest absolute Gasteiger partial charge is 0.455 e. The number of furan rings is 1. The van der Waals surface area contributed by atoms with Crippen LogP contribution in [0.2, 0.25) is 0 Å². The Hall–Kier alpha value is -2.82. The van der Waals surface area contributed by atoms with E-state index >= 15 is 0 Å². The van der Waals surface area contributed by atoms with Gasteiger partial charge in [0.25, 0.3) is 5.91 Å². The Morgan fingerprint density at radius 2 is 2.00 bits per heavy atom. The van der Waals surface area contributed by atoms with Gasteiger partial charge in [-0.1, -0.05) is 0 Å². The van der Waals surface area contributed by atoms with E-state index in [1.165, 1.54) is 17.7 Å². The first-order chi connectivity index (χ1) is 12.2. The molecule has 0 fully saturated rings. The molecule has 25 heavy (non-hydrogen) atoms. The van der Waals surface area contributed by atoms with E-state index in [1.807, 2.05) is 12.1 Å². The molecule has 0 bridgehead atoms. The van der Waals surface area contributed by atoms with Gasteiger partial charge in [0.1, 0.15) is 17.2 Å². The lowest BCUT2D eigenvalue weighted by atomic mass is 10.0. The van der Waals surface area contributed by atoms with Gasteiger partial charge < -0.3 is 15.1 Å². The minimum Gasteiger partial charge on any atom is -0.455 e. The lowest BCUT2D eigenvalue weighted by Gasteiger charge is -2.07. The summed E-state index contributed by atoms with van der Waals surface area (Å²) >= 11 is 0. The van der Waals surface area contributed by atoms with Gasteiger partial charge in [-0.25, -0.2) is 4.39 Å². The number of halogens is 1. The summed E-state index contributed by atoms with van der Waals surface area (Å²) in [6.07, 6.45) is 3.21. The van der Waals surface area contributed by atoms with Crippen LogP contribution in [0.15, 0.2) is 40.8 Å². The Balaban J connectivity index is 1.96. The van der Waals surface area contributed by atoms with Crippen molar-refractivity contribution in [3.05, 3.63) is 53.3 Å². The van der Waals surface area contributed by atoms with Gasteiger partial charge >= 0.3 is 0 Å². The molecular weight excluding hydrogens is 319 g/mol. The number of benzene rings is 2. The molecule has 1 aliphatic rings. The minimum atomic E-state index is -0.322. The summed E-state index contributed by atoms with van der Waals surface area (Å²) in [5.41, 5.74) is 4.09. The van der Waals surface area contributed by atoms with E-state index in [9.17, 15) is 9.18 Å². The van der Waals surface area contributed by atoms with E-state index in [4.69, 9.17) is 4.42 Å². The maximum atomic E-state index is 13.3. The van der Waals surface area contributed by atoms with Crippen LogP contribution in [0.5, 0.6) is 0 Å². The van der Waals surface area contributed by atoms with Gasteiger partial charge in [0, 0.05) is 36.3 Å². The first-order valence-electron chi connectivity index (χ1n) is 8.48. The summed E-state index contributed by atoms with van der Waals surface area (Å²) in [6.45, 7) is 0.937. The van der Waals surface area contributed by atoms with E-state index in [0.29, 0.717) is 22.5 Å². The average Bonchev–Trinajstić information content (AvgIpc) is 2.83. The van der Waals surface area contributed by atoms with E-state index in [0.717, 1.165) is 36.9 Å². The maximum absolute atomic E-state index is 13.3. The van der Waals surface area contributed by atoms with Crippen molar-refractivity contribution in [3.63, 3.8) is 0 Å². The quantitative estimate of drug-likeness (QED) is 0.730. The Morgan fingerprint density at radius 3 is 2.76 bits per heavy atom. The number of aryl methyl sites for hydroxylation is 1. The normalized spacial score (nSPS) is 13.8. The van der Waals surface area contributed by atoms with Crippen LogP contribution in [-0.2, 0) is 6.42 Å². The number of hydrogen-bond donors (Lipinski definition) is 2. The number of fused-ring (bicyclic) bond motifs is 2. The van der Waals surface area contributed by atoms with Crippen LogP contribution in [0, 0.1) is 5.82 Å². The van der Waals surface area contributed by atoms with Crippen molar-refractivity contribution >= 4 is 22.6 Å². The lowest BCUT2D eigenvalue weighted by Crippen LogP contribution is -2.18. The molecule has 0 spiro atoms. The van der Waals surface area contributed by atoms with Gasteiger partial charge in [0.15, 0.2) is 0 Å². The molecule has 0 unspecified atom stereocenters. The highest BCUT2D eigenvalue weighted by Crippen LogP contribution is 2.37. The van der Waals surface area contributed by atoms with Crippen LogP contribution in [0.1, 0.15) is 28.8 Å². The predicted octanol–water partition coefficient (Wildman–Crippen LogP) is 4.35. The van der Waals surface area contributed by atoms with Crippen molar-refractivity contribution < 1.29 is 13.6 Å². The number of anilines is 1. The molecule has 2 aromatic carbocycles. The Bertz CT molecular complexity index is 944. The van der Waals surface area contributed by atoms with Gasteiger partial charge in [-0.3, -0.25) is 4.79 Å². The number of nitrogens with one attached hydrogen (secondary N) is 2. The zero-order valence-electron chi connectivity index (χ0n) is 14.0. The number of carbonyl (C=O) groups is 1. The lowest BCUT2D eigenvalue weighted by molar-refractivity contribution is 0.0964. The van der Waals surface area contributed by atoms with E-state index in [-0.39, 0.29) is 11.7 Å². The maximum Gasteiger partial charge on any atom is 0.255 e. The third-order valence-electron chi connectivity index (χ3n) is 4.66. The Kier molecular flexibility index (Phi) is 3.92. The Labute approximate surface area is 145 Å². The second kappa shape index (κ2) is 6.24. The third-order valence-corrected chi connectivity index (χ3v) is 4.66. The highest BCUT2D eigenvalue weighted by molar-refractivity contribution is 6.11. The molecule has 1 aliphatic heterocycles. The molecule has 0 aliphatic carbocycles. The van der Waals surface area contributed by atoms with Gasteiger partial charge in [-0.05, 0) is 55.2 Å². The van der Waals surface area contributed by atoms with E-state index in [1.54, 1.807) is 19.2 Å². The summed E-state index contributed by atoms with van der Waals surface area (Å²) in [5.74, 6) is -0.0635. The molecule has 0 atom stereocenters. The highest BCUT2D eigenvalue weighted by atomic mass is 19.1. The minimum absolute atomic E-state index is 0.209. The van der Waals surface area contributed by atoms with Crippen molar-refractivity contribution in [1.82, 2.24) is 5.32 Å². The molecule has 5 heteroatoms. The smallest absolute Gasteiger partial charge is 0.255 e. The molecule has 4 nitrogen and oxygen atoms in total. The molecular formula is C20H19FN2O2. The summed E-state index contributed by atoms with van der Waals surface area (Å²) in [5, 5.41) is 6.90. The molecule has 1 aromatic heterocycles. The number of carbonyl (C=O) groups excluding carboxylic acids is 1. The second-order valence-electron chi connectivity index (χ2n) is 6.28. The van der Waals surface area contributed by atoms with Crippen LogP contribution in [0.4, 0.5) is 10.1 Å². The van der Waals surface area contributed by atoms with Gasteiger partial charge in [0.05, 0.1) is 5.56 Å². The molecule has 1 amide bonds. The van der Waals surface area contributed by atoms with E-state index in [2.05, 4.69) is 10.6 Å². The SMILES string of the molecule is CNC(=O)c1c(-c2ccc(F)cc2)oc2cc3c(cc12)CCCCN3. The van der Waals surface area contributed by atoms with Crippen LogP contribution < -0.4 is 10.6 Å². The molecule has 0 radical (unpaired) electrons. The zero-order chi connectivity index (χ0) is 17.4. The molecule has 0 saturated heterocycles. The monoisotopic (exact) mass is 338 g/mol. The van der Waals surface area contributed by atoms with Crippen LogP contribution in [0.3, 0.4) is 0 Å². The Morgan fingerprint density at radius 1 is 1.20 bits per heavy atom. The zero-order valence-corrected chi connectivity index (χ0v) is 14.0. The second-order valence-corrected chi connectivity index (χ2v) is 6.28. The molecule has 2 heterocycles.